The minimum Gasteiger partial charge on any atom is -0.497 e. The maximum absolute atomic E-state index is 12.4. The van der Waals surface area contributed by atoms with Crippen molar-refractivity contribution in [2.45, 2.75) is 12.1 Å². The molecule has 0 radical (unpaired) electrons. The van der Waals surface area contributed by atoms with E-state index in [-0.39, 0.29) is 11.7 Å². The molecule has 0 fully saturated rings. The highest BCUT2D eigenvalue weighted by molar-refractivity contribution is 7.99. The highest BCUT2D eigenvalue weighted by Gasteiger charge is 2.18. The van der Waals surface area contributed by atoms with Crippen LogP contribution < -0.4 is 14.8 Å². The SMILES string of the molecule is COc1ccc(-n2c(SCC(=O)Nc3cc(C)on3)nnc2-c2ccc(NS(C)(=O)=O)cc2)cc1. The summed E-state index contributed by atoms with van der Waals surface area (Å²) in [7, 11) is -1.81. The first-order valence-electron chi connectivity index (χ1n) is 10.3. The molecule has 0 bridgehead atoms. The van der Waals surface area contributed by atoms with Gasteiger partial charge in [0.2, 0.25) is 15.9 Å². The van der Waals surface area contributed by atoms with Gasteiger partial charge in [0.15, 0.2) is 16.8 Å². The van der Waals surface area contributed by atoms with Crippen LogP contribution in [0.4, 0.5) is 11.5 Å². The van der Waals surface area contributed by atoms with E-state index in [0.29, 0.717) is 39.6 Å². The molecule has 0 aliphatic rings. The first-order chi connectivity index (χ1) is 16.7. The number of carbonyl (C=O) groups is 1. The monoisotopic (exact) mass is 514 g/mol. The molecule has 0 saturated heterocycles. The average Bonchev–Trinajstić information content (AvgIpc) is 3.43. The van der Waals surface area contributed by atoms with Gasteiger partial charge in [-0.15, -0.1) is 10.2 Å². The van der Waals surface area contributed by atoms with Crippen molar-refractivity contribution in [3.8, 4) is 22.8 Å². The Kier molecular flexibility index (Phi) is 7.07. The molecule has 0 saturated carbocycles. The summed E-state index contributed by atoms with van der Waals surface area (Å²) in [6.45, 7) is 1.74. The van der Waals surface area contributed by atoms with Crippen LogP contribution in [0.5, 0.6) is 5.75 Å². The van der Waals surface area contributed by atoms with E-state index in [1.54, 1.807) is 44.4 Å². The van der Waals surface area contributed by atoms with Gasteiger partial charge in [-0.1, -0.05) is 16.9 Å². The number of hydrogen-bond acceptors (Lipinski definition) is 9. The number of nitrogens with one attached hydrogen (secondary N) is 2. The molecule has 0 aliphatic carbocycles. The fraction of sp³-hybridized carbons (Fsp3) is 0.182. The van der Waals surface area contributed by atoms with E-state index in [9.17, 15) is 13.2 Å². The lowest BCUT2D eigenvalue weighted by Crippen LogP contribution is -2.14. The number of rotatable bonds is 9. The van der Waals surface area contributed by atoms with Crippen LogP contribution in [0.2, 0.25) is 0 Å². The molecule has 1 amide bonds. The van der Waals surface area contributed by atoms with Crippen molar-refractivity contribution in [2.24, 2.45) is 0 Å². The highest BCUT2D eigenvalue weighted by atomic mass is 32.2. The molecule has 0 unspecified atom stereocenters. The lowest BCUT2D eigenvalue weighted by atomic mass is 10.2. The second-order valence-corrected chi connectivity index (χ2v) is 10.1. The van der Waals surface area contributed by atoms with Gasteiger partial charge in [-0.3, -0.25) is 14.1 Å². The van der Waals surface area contributed by atoms with Crippen LogP contribution in [0.15, 0.2) is 64.3 Å². The summed E-state index contributed by atoms with van der Waals surface area (Å²) in [6.07, 6.45) is 1.09. The van der Waals surface area contributed by atoms with Crippen LogP contribution in [0.3, 0.4) is 0 Å². The average molecular weight is 515 g/mol. The van der Waals surface area contributed by atoms with E-state index in [4.69, 9.17) is 9.26 Å². The largest absolute Gasteiger partial charge is 0.497 e. The van der Waals surface area contributed by atoms with Crippen LogP contribution in [0.1, 0.15) is 5.76 Å². The third-order valence-electron chi connectivity index (χ3n) is 4.64. The van der Waals surface area contributed by atoms with Gasteiger partial charge in [0.25, 0.3) is 0 Å². The fourth-order valence-corrected chi connectivity index (χ4v) is 4.47. The summed E-state index contributed by atoms with van der Waals surface area (Å²) in [5.41, 5.74) is 1.90. The summed E-state index contributed by atoms with van der Waals surface area (Å²) in [5.74, 6) is 1.94. The first kappa shape index (κ1) is 24.3. The molecule has 4 rings (SSSR count). The first-order valence-corrected chi connectivity index (χ1v) is 13.1. The lowest BCUT2D eigenvalue weighted by Gasteiger charge is -2.11. The fourth-order valence-electron chi connectivity index (χ4n) is 3.15. The molecular formula is C22H22N6O5S2. The zero-order valence-electron chi connectivity index (χ0n) is 19.0. The summed E-state index contributed by atoms with van der Waals surface area (Å²) < 4.78 is 37.5. The third kappa shape index (κ3) is 6.19. The van der Waals surface area contributed by atoms with Crippen molar-refractivity contribution >= 4 is 39.2 Å². The van der Waals surface area contributed by atoms with Gasteiger partial charge in [-0.25, -0.2) is 8.42 Å². The number of hydrogen-bond donors (Lipinski definition) is 2. The van der Waals surface area contributed by atoms with Crippen LogP contribution in [-0.4, -0.2) is 53.4 Å². The summed E-state index contributed by atoms with van der Waals surface area (Å²) in [4.78, 5) is 12.4. The van der Waals surface area contributed by atoms with Gasteiger partial charge < -0.3 is 14.6 Å². The topological polar surface area (TPSA) is 141 Å². The number of aryl methyl sites for hydroxylation is 1. The van der Waals surface area contributed by atoms with E-state index in [0.717, 1.165) is 11.9 Å². The van der Waals surface area contributed by atoms with E-state index >= 15 is 0 Å². The van der Waals surface area contributed by atoms with Crippen molar-refractivity contribution in [1.29, 1.82) is 0 Å². The molecule has 0 spiro atoms. The number of carbonyl (C=O) groups excluding carboxylic acids is 1. The van der Waals surface area contributed by atoms with Gasteiger partial charge in [-0.2, -0.15) is 0 Å². The Morgan fingerprint density at radius 3 is 2.43 bits per heavy atom. The molecular weight excluding hydrogens is 492 g/mol. The Balaban J connectivity index is 1.62. The molecule has 11 nitrogen and oxygen atoms in total. The number of benzene rings is 2. The van der Waals surface area contributed by atoms with Crippen LogP contribution in [0.25, 0.3) is 17.1 Å². The number of amides is 1. The molecule has 13 heteroatoms. The minimum absolute atomic E-state index is 0.0669. The third-order valence-corrected chi connectivity index (χ3v) is 6.17. The van der Waals surface area contributed by atoms with Crippen LogP contribution >= 0.6 is 11.8 Å². The second kappa shape index (κ2) is 10.2. The van der Waals surface area contributed by atoms with Gasteiger partial charge in [0, 0.05) is 23.0 Å². The lowest BCUT2D eigenvalue weighted by molar-refractivity contribution is -0.113. The van der Waals surface area contributed by atoms with Crippen molar-refractivity contribution in [3.63, 3.8) is 0 Å². The van der Waals surface area contributed by atoms with E-state index in [2.05, 4.69) is 25.4 Å². The Labute approximate surface area is 205 Å². The minimum atomic E-state index is -3.39. The Bertz CT molecular complexity index is 1430. The predicted molar refractivity (Wildman–Crippen MR) is 132 cm³/mol. The highest BCUT2D eigenvalue weighted by Crippen LogP contribution is 2.29. The van der Waals surface area contributed by atoms with Crippen LogP contribution in [-0.2, 0) is 14.8 Å². The molecule has 2 aromatic carbocycles. The standard InChI is InChI=1S/C22H22N6O5S2/c1-14-12-19(26-33-14)23-20(29)13-34-22-25-24-21(28(22)17-8-10-18(32-2)11-9-17)15-4-6-16(7-5-15)27-35(3,30)31/h4-12,27H,13H2,1-3H3,(H,23,26,29). The molecule has 2 aromatic heterocycles. The normalized spacial score (nSPS) is 11.3. The van der Waals surface area contributed by atoms with Crippen molar-refractivity contribution < 1.29 is 22.5 Å². The Morgan fingerprint density at radius 1 is 1.11 bits per heavy atom. The molecule has 0 aliphatic heterocycles. The maximum atomic E-state index is 12.4. The van der Waals surface area contributed by atoms with Crippen LogP contribution in [0, 0.1) is 6.92 Å². The van der Waals surface area contributed by atoms with E-state index in [1.165, 1.54) is 11.8 Å². The number of nitrogens with zero attached hydrogens (tertiary/aromatic N) is 4. The van der Waals surface area contributed by atoms with Gasteiger partial charge in [0.05, 0.1) is 19.1 Å². The van der Waals surface area contributed by atoms with E-state index < -0.39 is 10.0 Å². The summed E-state index contributed by atoms with van der Waals surface area (Å²) in [5, 5.41) is 15.6. The van der Waals surface area contributed by atoms with Gasteiger partial charge in [0.1, 0.15) is 11.5 Å². The van der Waals surface area contributed by atoms with Gasteiger partial charge >= 0.3 is 0 Å². The predicted octanol–water partition coefficient (Wildman–Crippen LogP) is 3.34. The number of aromatic nitrogens is 4. The van der Waals surface area contributed by atoms with E-state index in [1.807, 2.05) is 28.8 Å². The van der Waals surface area contributed by atoms with Crippen molar-refractivity contribution in [1.82, 2.24) is 19.9 Å². The molecule has 182 valence electrons. The van der Waals surface area contributed by atoms with Gasteiger partial charge in [-0.05, 0) is 55.5 Å². The zero-order chi connectivity index (χ0) is 25.0. The summed E-state index contributed by atoms with van der Waals surface area (Å²) in [6, 6.07) is 15.7. The maximum Gasteiger partial charge on any atom is 0.236 e. The molecule has 2 heterocycles. The number of methoxy groups -OCH3 is 1. The Morgan fingerprint density at radius 2 is 1.83 bits per heavy atom. The number of ether oxygens (including phenoxy) is 1. The number of anilines is 2. The number of thioether (sulfide) groups is 1. The zero-order valence-corrected chi connectivity index (χ0v) is 20.7. The molecule has 4 aromatic rings. The van der Waals surface area contributed by atoms with Crippen molar-refractivity contribution in [2.75, 3.05) is 29.2 Å². The summed E-state index contributed by atoms with van der Waals surface area (Å²) >= 11 is 1.21. The Hall–Kier alpha value is -3.84. The molecule has 2 N–H and O–H groups in total. The second-order valence-electron chi connectivity index (χ2n) is 7.45. The van der Waals surface area contributed by atoms with Crippen molar-refractivity contribution in [3.05, 3.63) is 60.4 Å². The number of sulfonamides is 1. The molecule has 35 heavy (non-hydrogen) atoms. The molecule has 0 atom stereocenters. The quantitative estimate of drug-likeness (QED) is 0.322. The smallest absolute Gasteiger partial charge is 0.236 e.